The lowest BCUT2D eigenvalue weighted by molar-refractivity contribution is 0.995. The molecule has 3 aromatic rings. The molecule has 0 saturated heterocycles. The highest BCUT2D eigenvalue weighted by molar-refractivity contribution is 7.98. The monoisotopic (exact) mass is 368 g/mol. The molecule has 0 atom stereocenters. The van der Waals surface area contributed by atoms with E-state index in [9.17, 15) is 0 Å². The zero-order valence-electron chi connectivity index (χ0n) is 11.3. The molecule has 6 heteroatoms. The Hall–Kier alpha value is -1.13. The van der Waals surface area contributed by atoms with E-state index in [-0.39, 0.29) is 0 Å². The average Bonchev–Trinajstić information content (AvgIpc) is 2.81. The lowest BCUT2D eigenvalue weighted by atomic mass is 10.3. The normalized spacial score (nSPS) is 10.9. The molecule has 0 bridgehead atoms. The minimum atomic E-state index is 0.364. The molecule has 0 fully saturated rings. The van der Waals surface area contributed by atoms with Gasteiger partial charge in [0, 0.05) is 21.4 Å². The van der Waals surface area contributed by atoms with Gasteiger partial charge in [0.1, 0.15) is 0 Å². The maximum atomic E-state index is 6.24. The number of para-hydroxylation sites is 1. The largest absolute Gasteiger partial charge is 0.285 e. The first-order chi connectivity index (χ1) is 10.6. The van der Waals surface area contributed by atoms with Crippen LogP contribution in [0.3, 0.4) is 0 Å². The van der Waals surface area contributed by atoms with Gasteiger partial charge in [-0.05, 0) is 48.0 Å². The molecule has 22 heavy (non-hydrogen) atoms. The van der Waals surface area contributed by atoms with Crippen molar-refractivity contribution in [1.29, 1.82) is 0 Å². The molecule has 0 radical (unpaired) electrons. The second-order valence-corrected chi connectivity index (χ2v) is 6.71. The Morgan fingerprint density at radius 1 is 0.909 bits per heavy atom. The molecule has 0 spiro atoms. The Morgan fingerprint density at radius 2 is 1.59 bits per heavy atom. The summed E-state index contributed by atoms with van der Waals surface area (Å²) in [6, 6.07) is 17.5. The topological polar surface area (TPSA) is 17.8 Å². The summed E-state index contributed by atoms with van der Waals surface area (Å²) in [6.45, 7) is 0. The van der Waals surface area contributed by atoms with Crippen LogP contribution < -0.4 is 0 Å². The highest BCUT2D eigenvalue weighted by atomic mass is 35.5. The van der Waals surface area contributed by atoms with Crippen molar-refractivity contribution in [3.05, 3.63) is 75.8 Å². The fraction of sp³-hybridized carbons (Fsp3) is 0.0625. The number of halogens is 3. The first-order valence-electron chi connectivity index (χ1n) is 6.51. The van der Waals surface area contributed by atoms with Crippen molar-refractivity contribution in [1.82, 2.24) is 9.55 Å². The molecule has 0 N–H and O–H groups in total. The number of thioether (sulfide) groups is 1. The number of imidazole rings is 1. The smallest absolute Gasteiger partial charge is 0.209 e. The van der Waals surface area contributed by atoms with Gasteiger partial charge in [0.2, 0.25) is 5.28 Å². The zero-order chi connectivity index (χ0) is 15.5. The van der Waals surface area contributed by atoms with Gasteiger partial charge in [0.25, 0.3) is 0 Å². The molecule has 112 valence electrons. The molecule has 3 rings (SSSR count). The molecule has 0 unspecified atom stereocenters. The number of rotatable bonds is 4. The van der Waals surface area contributed by atoms with Crippen LogP contribution >= 0.6 is 46.6 Å². The number of benzene rings is 2. The Kier molecular flexibility index (Phi) is 4.99. The summed E-state index contributed by atoms with van der Waals surface area (Å²) >= 11 is 20.0. The summed E-state index contributed by atoms with van der Waals surface area (Å²) < 4.78 is 1.87. The van der Waals surface area contributed by atoms with E-state index in [0.29, 0.717) is 16.2 Å². The molecule has 0 aliphatic rings. The molecular formula is C16H11Cl3N2S. The van der Waals surface area contributed by atoms with E-state index in [1.165, 1.54) is 0 Å². The van der Waals surface area contributed by atoms with Crippen molar-refractivity contribution < 1.29 is 0 Å². The van der Waals surface area contributed by atoms with Crippen LogP contribution in [0.5, 0.6) is 0 Å². The molecule has 2 nitrogen and oxygen atoms in total. The first kappa shape index (κ1) is 15.8. The molecule has 2 aromatic carbocycles. The van der Waals surface area contributed by atoms with Gasteiger partial charge in [0.05, 0.1) is 5.69 Å². The van der Waals surface area contributed by atoms with E-state index in [1.54, 1.807) is 11.8 Å². The van der Waals surface area contributed by atoms with Crippen molar-refractivity contribution in [3.63, 3.8) is 0 Å². The zero-order valence-corrected chi connectivity index (χ0v) is 14.4. The van der Waals surface area contributed by atoms with Gasteiger partial charge in [-0.15, -0.1) is 11.8 Å². The van der Waals surface area contributed by atoms with Gasteiger partial charge in [-0.2, -0.15) is 0 Å². The SMILES string of the molecule is Clc1ccc(SCc2c(Cl)nc(Cl)n2-c2ccccc2)cc1. The van der Waals surface area contributed by atoms with Crippen molar-refractivity contribution in [2.45, 2.75) is 10.6 Å². The highest BCUT2D eigenvalue weighted by Gasteiger charge is 2.16. The molecule has 1 heterocycles. The van der Waals surface area contributed by atoms with E-state index in [2.05, 4.69) is 4.98 Å². The van der Waals surface area contributed by atoms with Gasteiger partial charge in [-0.3, -0.25) is 4.57 Å². The van der Waals surface area contributed by atoms with Crippen LogP contribution in [0.4, 0.5) is 0 Å². The Bertz CT molecular complexity index is 770. The first-order valence-corrected chi connectivity index (χ1v) is 8.63. The third-order valence-corrected chi connectivity index (χ3v) is 4.92. The molecule has 1 aromatic heterocycles. The third kappa shape index (κ3) is 3.44. The van der Waals surface area contributed by atoms with E-state index < -0.39 is 0 Å². The fourth-order valence-electron chi connectivity index (χ4n) is 2.05. The van der Waals surface area contributed by atoms with Crippen molar-refractivity contribution in [2.24, 2.45) is 0 Å². The number of nitrogens with zero attached hydrogens (tertiary/aromatic N) is 2. The van der Waals surface area contributed by atoms with Crippen LogP contribution in [-0.4, -0.2) is 9.55 Å². The third-order valence-electron chi connectivity index (χ3n) is 3.09. The quantitative estimate of drug-likeness (QED) is 0.515. The lowest BCUT2D eigenvalue weighted by Gasteiger charge is -2.09. The van der Waals surface area contributed by atoms with Gasteiger partial charge >= 0.3 is 0 Å². The predicted octanol–water partition coefficient (Wildman–Crippen LogP) is 6.12. The van der Waals surface area contributed by atoms with E-state index >= 15 is 0 Å². The predicted molar refractivity (Wildman–Crippen MR) is 94.6 cm³/mol. The summed E-state index contributed by atoms with van der Waals surface area (Å²) in [5.41, 5.74) is 1.82. The Morgan fingerprint density at radius 3 is 2.27 bits per heavy atom. The Balaban J connectivity index is 1.89. The van der Waals surface area contributed by atoms with Gasteiger partial charge < -0.3 is 0 Å². The summed E-state index contributed by atoms with van der Waals surface area (Å²) in [4.78, 5) is 5.28. The van der Waals surface area contributed by atoms with Crippen molar-refractivity contribution >= 4 is 46.6 Å². The van der Waals surface area contributed by atoms with Gasteiger partial charge in [-0.1, -0.05) is 41.4 Å². The second kappa shape index (κ2) is 6.97. The molecule has 0 aliphatic heterocycles. The number of hydrogen-bond donors (Lipinski definition) is 0. The minimum Gasteiger partial charge on any atom is -0.285 e. The van der Waals surface area contributed by atoms with Crippen molar-refractivity contribution in [3.8, 4) is 5.69 Å². The number of aromatic nitrogens is 2. The van der Waals surface area contributed by atoms with E-state index in [0.717, 1.165) is 21.3 Å². The summed E-state index contributed by atoms with van der Waals surface area (Å²) in [5.74, 6) is 0.662. The van der Waals surface area contributed by atoms with Crippen molar-refractivity contribution in [2.75, 3.05) is 0 Å². The van der Waals surface area contributed by atoms with Gasteiger partial charge in [-0.25, -0.2) is 4.98 Å². The molecule has 0 aliphatic carbocycles. The maximum absolute atomic E-state index is 6.24. The summed E-state index contributed by atoms with van der Waals surface area (Å²) in [6.07, 6.45) is 0. The number of hydrogen-bond acceptors (Lipinski definition) is 2. The molecular weight excluding hydrogens is 359 g/mol. The van der Waals surface area contributed by atoms with Crippen LogP contribution in [0.2, 0.25) is 15.5 Å². The van der Waals surface area contributed by atoms with E-state index in [1.807, 2.05) is 59.2 Å². The standard InChI is InChI=1S/C16H11Cl3N2S/c17-11-6-8-13(9-7-11)22-10-14-15(18)20-16(19)21(14)12-4-2-1-3-5-12/h1-9H,10H2. The summed E-state index contributed by atoms with van der Waals surface area (Å²) in [5, 5.41) is 1.51. The summed E-state index contributed by atoms with van der Waals surface area (Å²) in [7, 11) is 0. The average molecular weight is 370 g/mol. The van der Waals surface area contributed by atoms with Crippen LogP contribution in [0.1, 0.15) is 5.69 Å². The molecule has 0 amide bonds. The van der Waals surface area contributed by atoms with E-state index in [4.69, 9.17) is 34.8 Å². The van der Waals surface area contributed by atoms with Crippen LogP contribution in [0, 0.1) is 0 Å². The van der Waals surface area contributed by atoms with Crippen LogP contribution in [-0.2, 0) is 5.75 Å². The fourth-order valence-corrected chi connectivity index (χ4v) is 3.71. The highest BCUT2D eigenvalue weighted by Crippen LogP contribution is 2.31. The lowest BCUT2D eigenvalue weighted by Crippen LogP contribution is -1.99. The van der Waals surface area contributed by atoms with Crippen LogP contribution in [0.15, 0.2) is 59.5 Å². The molecule has 0 saturated carbocycles. The van der Waals surface area contributed by atoms with Gasteiger partial charge in [0.15, 0.2) is 5.15 Å². The van der Waals surface area contributed by atoms with Crippen LogP contribution in [0.25, 0.3) is 5.69 Å². The second-order valence-electron chi connectivity index (χ2n) is 4.53. The Labute approximate surface area is 148 Å². The maximum Gasteiger partial charge on any atom is 0.209 e. The minimum absolute atomic E-state index is 0.364.